The van der Waals surface area contributed by atoms with Gasteiger partial charge < -0.3 is 4.57 Å². The lowest BCUT2D eigenvalue weighted by molar-refractivity contribution is 1.17. The summed E-state index contributed by atoms with van der Waals surface area (Å²) in [5.41, 5.74) is 0.758. The number of hydrogen-bond acceptors (Lipinski definition) is 3. The van der Waals surface area contributed by atoms with E-state index in [0.717, 1.165) is 24.7 Å². The van der Waals surface area contributed by atoms with Crippen molar-refractivity contribution in [3.05, 3.63) is 151 Å². The Kier molecular flexibility index (Phi) is 3.59. The summed E-state index contributed by atoms with van der Waals surface area (Å²) >= 11 is 1.66. The van der Waals surface area contributed by atoms with E-state index in [1.165, 1.54) is 0 Å². The van der Waals surface area contributed by atoms with E-state index in [1.807, 2.05) is 66.7 Å². The summed E-state index contributed by atoms with van der Waals surface area (Å²) in [6.07, 6.45) is 0. The minimum absolute atomic E-state index is 0.0898. The number of thiophene rings is 1. The molecule has 0 atom stereocenters. The summed E-state index contributed by atoms with van der Waals surface area (Å²) < 4.78 is 109. The molecule has 3 aromatic heterocycles. The van der Waals surface area contributed by atoms with Crippen LogP contribution in [0.3, 0.4) is 0 Å². The molecule has 44 heavy (non-hydrogen) atoms. The maximum Gasteiger partial charge on any atom is 0.160 e. The van der Waals surface area contributed by atoms with Gasteiger partial charge >= 0.3 is 0 Å². The fourth-order valence-corrected chi connectivity index (χ4v) is 6.63. The third-order valence-electron chi connectivity index (χ3n) is 7.55. The molecule has 0 saturated carbocycles. The molecule has 9 rings (SSSR count). The second kappa shape index (κ2) is 10.0. The molecule has 0 N–H and O–H groups in total. The van der Waals surface area contributed by atoms with Crippen LogP contribution in [0.1, 0.15) is 16.4 Å². The van der Waals surface area contributed by atoms with Crippen molar-refractivity contribution in [1.29, 1.82) is 0 Å². The van der Waals surface area contributed by atoms with Crippen molar-refractivity contribution >= 4 is 53.3 Å². The molecule has 3 heterocycles. The molecular formula is C40H25N3S. The molecule has 0 radical (unpaired) electrons. The quantitative estimate of drug-likeness (QED) is 0.204. The largest absolute Gasteiger partial charge is 0.309 e. The minimum Gasteiger partial charge on any atom is -0.309 e. The Morgan fingerprint density at radius 3 is 2.14 bits per heavy atom. The number of rotatable bonds is 4. The standard InChI is InChI=1S/C40H25N3S/c1-3-11-26(12-4-1)34-25-35(42-40(41-34)28-20-22-39-33(23-28)32-16-8-10-18-38(32)44-39)27-19-21-31-30-15-7-9-17-36(30)43(37(31)24-27)29-13-5-2-6-14-29/h1-25H/i2D,5D,6D,7D,9D,13D,14D,15D,17D,19D,21D,24D. The average Bonchev–Trinajstić information content (AvgIpc) is 3.77. The highest BCUT2D eigenvalue weighted by molar-refractivity contribution is 7.25. The fraction of sp³-hybridized carbons (Fsp3) is 0. The lowest BCUT2D eigenvalue weighted by Gasteiger charge is -2.11. The number of nitrogens with zero attached hydrogens (tertiary/aromatic N) is 3. The van der Waals surface area contributed by atoms with Crippen LogP contribution in [-0.4, -0.2) is 14.5 Å². The summed E-state index contributed by atoms with van der Waals surface area (Å²) in [5, 5.41) is 1.64. The van der Waals surface area contributed by atoms with Gasteiger partial charge in [0, 0.05) is 53.3 Å². The Morgan fingerprint density at radius 1 is 0.523 bits per heavy atom. The average molecular weight is 592 g/mol. The first-order valence-corrected chi connectivity index (χ1v) is 14.6. The van der Waals surface area contributed by atoms with E-state index in [-0.39, 0.29) is 38.9 Å². The second-order valence-electron chi connectivity index (χ2n) is 10.1. The van der Waals surface area contributed by atoms with Crippen LogP contribution in [0.2, 0.25) is 0 Å². The van der Waals surface area contributed by atoms with E-state index in [1.54, 1.807) is 17.4 Å². The highest BCUT2D eigenvalue weighted by atomic mass is 32.1. The predicted molar refractivity (Wildman–Crippen MR) is 186 cm³/mol. The zero-order chi connectivity index (χ0) is 39.5. The first-order chi connectivity index (χ1) is 26.8. The first kappa shape index (κ1) is 15.8. The molecule has 0 spiro atoms. The zero-order valence-electron chi connectivity index (χ0n) is 34.8. The first-order valence-electron chi connectivity index (χ1n) is 19.8. The third-order valence-corrected chi connectivity index (χ3v) is 8.71. The summed E-state index contributed by atoms with van der Waals surface area (Å²) in [6, 6.07) is 17.5. The molecule has 4 heteroatoms. The molecule has 0 aliphatic rings. The van der Waals surface area contributed by atoms with Gasteiger partial charge in [0.2, 0.25) is 0 Å². The number of benzene rings is 6. The van der Waals surface area contributed by atoms with Crippen LogP contribution in [0.5, 0.6) is 0 Å². The van der Waals surface area contributed by atoms with E-state index >= 15 is 0 Å². The Balaban J connectivity index is 1.42. The SMILES string of the molecule is [2H]c1c([2H])c([2H])c(-n2c3c([2H])c([2H])c([2H])c([2H])c3c3c([2H])c([2H])c(-c4cc(-c5ccccc5)nc(-c5ccc6sc7ccccc7c6c5)n4)c([2H])c32)c([2H])c1[2H]. The summed E-state index contributed by atoms with van der Waals surface area (Å²) in [6.45, 7) is 0. The van der Waals surface area contributed by atoms with Gasteiger partial charge in [0.05, 0.1) is 38.9 Å². The van der Waals surface area contributed by atoms with Gasteiger partial charge in [0.15, 0.2) is 5.82 Å². The molecule has 0 aliphatic carbocycles. The van der Waals surface area contributed by atoms with Gasteiger partial charge in [-0.2, -0.15) is 0 Å². The van der Waals surface area contributed by atoms with Crippen LogP contribution >= 0.6 is 11.3 Å². The summed E-state index contributed by atoms with van der Waals surface area (Å²) in [7, 11) is 0. The van der Waals surface area contributed by atoms with Crippen molar-refractivity contribution in [3.63, 3.8) is 0 Å². The maximum atomic E-state index is 9.75. The minimum atomic E-state index is -0.699. The highest BCUT2D eigenvalue weighted by Crippen LogP contribution is 2.38. The van der Waals surface area contributed by atoms with Gasteiger partial charge in [-0.1, -0.05) is 96.9 Å². The van der Waals surface area contributed by atoms with Crippen molar-refractivity contribution in [2.24, 2.45) is 0 Å². The smallest absolute Gasteiger partial charge is 0.160 e. The van der Waals surface area contributed by atoms with E-state index in [2.05, 4.69) is 6.07 Å². The van der Waals surface area contributed by atoms with Crippen LogP contribution < -0.4 is 0 Å². The van der Waals surface area contributed by atoms with Crippen molar-refractivity contribution in [2.45, 2.75) is 0 Å². The molecule has 0 bridgehead atoms. The predicted octanol–water partition coefficient (Wildman–Crippen LogP) is 10.9. The summed E-state index contributed by atoms with van der Waals surface area (Å²) in [4.78, 5) is 9.83. The van der Waals surface area contributed by atoms with Crippen LogP contribution in [0, 0.1) is 0 Å². The molecule has 9 aromatic rings. The molecule has 3 nitrogen and oxygen atoms in total. The number of hydrogen-bond donors (Lipinski definition) is 0. The molecule has 0 saturated heterocycles. The van der Waals surface area contributed by atoms with Crippen molar-refractivity contribution < 1.29 is 16.4 Å². The Labute approximate surface area is 275 Å². The maximum absolute atomic E-state index is 9.75. The van der Waals surface area contributed by atoms with Gasteiger partial charge in [-0.05, 0) is 54.5 Å². The van der Waals surface area contributed by atoms with Crippen LogP contribution in [0.25, 0.3) is 81.6 Å². The molecule has 0 unspecified atom stereocenters. The fourth-order valence-electron chi connectivity index (χ4n) is 5.54. The normalized spacial score (nSPS) is 15.5. The molecular weight excluding hydrogens is 555 g/mol. The van der Waals surface area contributed by atoms with Crippen molar-refractivity contribution in [2.75, 3.05) is 0 Å². The Hall–Kier alpha value is -5.58. The lowest BCUT2D eigenvalue weighted by atomic mass is 10.0. The van der Waals surface area contributed by atoms with E-state index in [0.29, 0.717) is 16.8 Å². The molecule has 0 amide bonds. The van der Waals surface area contributed by atoms with Gasteiger partial charge in [0.1, 0.15) is 0 Å². The molecule has 206 valence electrons. The van der Waals surface area contributed by atoms with E-state index in [9.17, 15) is 4.11 Å². The molecule has 6 aromatic carbocycles. The number of para-hydroxylation sites is 2. The second-order valence-corrected chi connectivity index (χ2v) is 11.2. The van der Waals surface area contributed by atoms with Gasteiger partial charge in [-0.15, -0.1) is 11.3 Å². The van der Waals surface area contributed by atoms with Gasteiger partial charge in [0.25, 0.3) is 0 Å². The van der Waals surface area contributed by atoms with Crippen molar-refractivity contribution in [1.82, 2.24) is 14.5 Å². The van der Waals surface area contributed by atoms with E-state index < -0.39 is 78.2 Å². The lowest BCUT2D eigenvalue weighted by Crippen LogP contribution is -1.97. The Morgan fingerprint density at radius 2 is 1.25 bits per heavy atom. The topological polar surface area (TPSA) is 30.7 Å². The van der Waals surface area contributed by atoms with Crippen LogP contribution in [0.4, 0.5) is 0 Å². The molecule has 0 aliphatic heterocycles. The zero-order valence-corrected chi connectivity index (χ0v) is 23.6. The monoisotopic (exact) mass is 591 g/mol. The summed E-state index contributed by atoms with van der Waals surface area (Å²) in [5.74, 6) is 0.273. The highest BCUT2D eigenvalue weighted by Gasteiger charge is 2.16. The number of fused-ring (bicyclic) bond motifs is 6. The third kappa shape index (κ3) is 4.03. The number of aromatic nitrogens is 3. The van der Waals surface area contributed by atoms with Crippen molar-refractivity contribution in [3.8, 4) is 39.6 Å². The van der Waals surface area contributed by atoms with Gasteiger partial charge in [-0.3, -0.25) is 0 Å². The molecule has 0 fully saturated rings. The van der Waals surface area contributed by atoms with E-state index in [4.69, 9.17) is 22.3 Å². The Bertz CT molecular complexity index is 3150. The van der Waals surface area contributed by atoms with Crippen LogP contribution in [0.15, 0.2) is 151 Å². The van der Waals surface area contributed by atoms with Gasteiger partial charge in [-0.25, -0.2) is 9.97 Å². The van der Waals surface area contributed by atoms with Crippen LogP contribution in [-0.2, 0) is 0 Å².